The van der Waals surface area contributed by atoms with Crippen molar-refractivity contribution in [3.8, 4) is 0 Å². The summed E-state index contributed by atoms with van der Waals surface area (Å²) in [4.78, 5) is 14.3. The summed E-state index contributed by atoms with van der Waals surface area (Å²) >= 11 is 1.54. The number of amides is 2. The normalized spacial score (nSPS) is 16.2. The van der Waals surface area contributed by atoms with Gasteiger partial charge in [-0.15, -0.1) is 11.3 Å². The molecule has 2 N–H and O–H groups in total. The lowest BCUT2D eigenvalue weighted by atomic mass is 9.96. The number of piperidine rings is 1. The largest absolute Gasteiger partial charge is 0.338 e. The number of likely N-dealkylation sites (tertiary alicyclic amines) is 1. The van der Waals surface area contributed by atoms with E-state index in [0.29, 0.717) is 5.92 Å². The predicted octanol–water partition coefficient (Wildman–Crippen LogP) is 3.78. The predicted molar refractivity (Wildman–Crippen MR) is 95.8 cm³/mol. The molecule has 5 heteroatoms. The maximum atomic E-state index is 11.8. The van der Waals surface area contributed by atoms with Crippen molar-refractivity contribution in [1.29, 1.82) is 0 Å². The van der Waals surface area contributed by atoms with Gasteiger partial charge in [0, 0.05) is 13.1 Å². The third-order valence-electron chi connectivity index (χ3n) is 4.27. The Balaban J connectivity index is 1.35. The van der Waals surface area contributed by atoms with Crippen LogP contribution in [-0.4, -0.2) is 30.6 Å². The molecule has 2 amide bonds. The number of hydrogen-bond donors (Lipinski definition) is 2. The summed E-state index contributed by atoms with van der Waals surface area (Å²) in [5.74, 6) is 0.580. The highest BCUT2D eigenvalue weighted by Crippen LogP contribution is 2.19. The van der Waals surface area contributed by atoms with Gasteiger partial charge in [-0.3, -0.25) is 10.2 Å². The molecule has 0 saturated carbocycles. The average Bonchev–Trinajstić information content (AvgIpc) is 3.08. The van der Waals surface area contributed by atoms with Crippen molar-refractivity contribution in [2.75, 3.05) is 25.0 Å². The number of thiophene rings is 1. The van der Waals surface area contributed by atoms with Crippen LogP contribution < -0.4 is 10.6 Å². The van der Waals surface area contributed by atoms with Crippen molar-refractivity contribution >= 4 is 22.4 Å². The van der Waals surface area contributed by atoms with Gasteiger partial charge in [0.05, 0.1) is 5.00 Å². The minimum atomic E-state index is -0.0980. The van der Waals surface area contributed by atoms with Crippen LogP contribution in [-0.2, 0) is 6.54 Å². The molecule has 4 nitrogen and oxygen atoms in total. The summed E-state index contributed by atoms with van der Waals surface area (Å²) in [5, 5.41) is 8.70. The third-order valence-corrected chi connectivity index (χ3v) is 5.05. The van der Waals surface area contributed by atoms with Crippen molar-refractivity contribution in [1.82, 2.24) is 10.2 Å². The molecule has 1 saturated heterocycles. The first-order chi connectivity index (χ1) is 11.3. The lowest BCUT2D eigenvalue weighted by Crippen LogP contribution is -2.39. The molecule has 1 fully saturated rings. The second-order valence-electron chi connectivity index (χ2n) is 6.02. The number of hydrogen-bond acceptors (Lipinski definition) is 3. The zero-order chi connectivity index (χ0) is 15.9. The molecule has 1 aliphatic rings. The molecule has 2 aromatic rings. The first-order valence-corrected chi connectivity index (χ1v) is 9.02. The molecule has 0 spiro atoms. The number of anilines is 1. The standard InChI is InChI=1S/C18H23N3OS/c22-18(20-17-7-4-12-23-17)19-13-15-8-10-21(11-9-15)14-16-5-2-1-3-6-16/h1-7,12,15H,8-11,13-14H2,(H2,19,20,22). The van der Waals surface area contributed by atoms with E-state index in [1.54, 1.807) is 0 Å². The second-order valence-corrected chi connectivity index (χ2v) is 6.97. The average molecular weight is 329 g/mol. The number of nitrogens with zero attached hydrogens (tertiary/aromatic N) is 1. The Hall–Kier alpha value is -1.85. The fraction of sp³-hybridized carbons (Fsp3) is 0.389. The van der Waals surface area contributed by atoms with Gasteiger partial charge in [-0.2, -0.15) is 0 Å². The highest BCUT2D eigenvalue weighted by molar-refractivity contribution is 7.14. The van der Waals surface area contributed by atoms with Crippen LogP contribution in [0.15, 0.2) is 47.8 Å². The number of carbonyl (C=O) groups excluding carboxylic acids is 1. The molecule has 122 valence electrons. The maximum Gasteiger partial charge on any atom is 0.319 e. The van der Waals surface area contributed by atoms with Crippen LogP contribution >= 0.6 is 11.3 Å². The first kappa shape index (κ1) is 16.0. The molecule has 23 heavy (non-hydrogen) atoms. The summed E-state index contributed by atoms with van der Waals surface area (Å²) in [6.45, 7) is 4.00. The highest BCUT2D eigenvalue weighted by Gasteiger charge is 2.19. The fourth-order valence-corrected chi connectivity index (χ4v) is 3.55. The molecule has 0 unspecified atom stereocenters. The Labute approximate surface area is 141 Å². The summed E-state index contributed by atoms with van der Waals surface area (Å²) in [6.07, 6.45) is 2.29. The lowest BCUT2D eigenvalue weighted by molar-refractivity contribution is 0.176. The van der Waals surface area contributed by atoms with E-state index in [-0.39, 0.29) is 6.03 Å². The quantitative estimate of drug-likeness (QED) is 0.877. The van der Waals surface area contributed by atoms with E-state index in [4.69, 9.17) is 0 Å². The first-order valence-electron chi connectivity index (χ1n) is 8.14. The molecule has 0 bridgehead atoms. The number of nitrogens with one attached hydrogen (secondary N) is 2. The van der Waals surface area contributed by atoms with Gasteiger partial charge in [-0.05, 0) is 54.9 Å². The Morgan fingerprint density at radius 1 is 1.13 bits per heavy atom. The Bertz CT molecular complexity index is 592. The van der Waals surface area contributed by atoms with Gasteiger partial charge in [0.2, 0.25) is 0 Å². The summed E-state index contributed by atoms with van der Waals surface area (Å²) < 4.78 is 0. The zero-order valence-electron chi connectivity index (χ0n) is 13.2. The Morgan fingerprint density at radius 2 is 1.91 bits per heavy atom. The third kappa shape index (κ3) is 5.08. The molecule has 1 aromatic heterocycles. The smallest absolute Gasteiger partial charge is 0.319 e. The Morgan fingerprint density at radius 3 is 2.61 bits per heavy atom. The van der Waals surface area contributed by atoms with Gasteiger partial charge < -0.3 is 5.32 Å². The number of urea groups is 1. The van der Waals surface area contributed by atoms with Crippen LogP contribution in [0.5, 0.6) is 0 Å². The monoisotopic (exact) mass is 329 g/mol. The molecular formula is C18H23N3OS. The van der Waals surface area contributed by atoms with Gasteiger partial charge in [0.1, 0.15) is 0 Å². The van der Waals surface area contributed by atoms with Crippen molar-refractivity contribution in [2.24, 2.45) is 5.92 Å². The molecule has 1 aliphatic heterocycles. The van der Waals surface area contributed by atoms with Gasteiger partial charge in [-0.25, -0.2) is 4.79 Å². The molecule has 0 aliphatic carbocycles. The minimum absolute atomic E-state index is 0.0980. The van der Waals surface area contributed by atoms with Crippen molar-refractivity contribution in [2.45, 2.75) is 19.4 Å². The van der Waals surface area contributed by atoms with E-state index in [2.05, 4.69) is 45.9 Å². The topological polar surface area (TPSA) is 44.4 Å². The van der Waals surface area contributed by atoms with Gasteiger partial charge in [0.25, 0.3) is 0 Å². The number of rotatable bonds is 5. The van der Waals surface area contributed by atoms with Crippen LogP contribution in [0, 0.1) is 5.92 Å². The van der Waals surface area contributed by atoms with Crippen LogP contribution in [0.25, 0.3) is 0 Å². The molecular weight excluding hydrogens is 306 g/mol. The molecule has 1 aromatic carbocycles. The summed E-state index contributed by atoms with van der Waals surface area (Å²) in [5.41, 5.74) is 1.37. The maximum absolute atomic E-state index is 11.8. The number of benzene rings is 1. The van der Waals surface area contributed by atoms with Crippen LogP contribution in [0.4, 0.5) is 9.80 Å². The van der Waals surface area contributed by atoms with Gasteiger partial charge >= 0.3 is 6.03 Å². The van der Waals surface area contributed by atoms with Gasteiger partial charge in [0.15, 0.2) is 0 Å². The van der Waals surface area contributed by atoms with E-state index < -0.39 is 0 Å². The van der Waals surface area contributed by atoms with Crippen LogP contribution in [0.1, 0.15) is 18.4 Å². The Kier molecular flexibility index (Phi) is 5.66. The van der Waals surface area contributed by atoms with Crippen LogP contribution in [0.3, 0.4) is 0 Å². The van der Waals surface area contributed by atoms with E-state index >= 15 is 0 Å². The highest BCUT2D eigenvalue weighted by atomic mass is 32.1. The molecule has 0 radical (unpaired) electrons. The van der Waals surface area contributed by atoms with Gasteiger partial charge in [-0.1, -0.05) is 30.3 Å². The SMILES string of the molecule is O=C(NCC1CCN(Cc2ccccc2)CC1)Nc1cccs1. The lowest BCUT2D eigenvalue weighted by Gasteiger charge is -2.32. The minimum Gasteiger partial charge on any atom is -0.338 e. The van der Waals surface area contributed by atoms with Crippen molar-refractivity contribution in [3.05, 3.63) is 53.4 Å². The van der Waals surface area contributed by atoms with Crippen LogP contribution in [0.2, 0.25) is 0 Å². The van der Waals surface area contributed by atoms with E-state index in [1.807, 2.05) is 17.5 Å². The van der Waals surface area contributed by atoms with E-state index in [0.717, 1.165) is 44.0 Å². The second kappa shape index (κ2) is 8.13. The molecule has 3 rings (SSSR count). The van der Waals surface area contributed by atoms with Crippen molar-refractivity contribution < 1.29 is 4.79 Å². The van der Waals surface area contributed by atoms with Crippen molar-refractivity contribution in [3.63, 3.8) is 0 Å². The molecule has 0 atom stereocenters. The number of carbonyl (C=O) groups is 1. The zero-order valence-corrected chi connectivity index (χ0v) is 14.0. The summed E-state index contributed by atoms with van der Waals surface area (Å²) in [6, 6.07) is 14.4. The van der Waals surface area contributed by atoms with E-state index in [9.17, 15) is 4.79 Å². The van der Waals surface area contributed by atoms with E-state index in [1.165, 1.54) is 16.9 Å². The summed E-state index contributed by atoms with van der Waals surface area (Å²) in [7, 11) is 0. The molecule has 2 heterocycles. The fourth-order valence-electron chi connectivity index (χ4n) is 2.93.